The molecular weight excluding hydrogens is 1030 g/mol. The molecule has 18 heteroatoms. The van der Waals surface area contributed by atoms with Gasteiger partial charge in [-0.05, 0) is 113 Å². The summed E-state index contributed by atoms with van der Waals surface area (Å²) in [6.07, 6.45) is 2.23. The van der Waals surface area contributed by atoms with Crippen molar-refractivity contribution in [3.8, 4) is 0 Å². The van der Waals surface area contributed by atoms with Crippen molar-refractivity contribution < 1.29 is 65.4 Å². The summed E-state index contributed by atoms with van der Waals surface area (Å²) < 4.78 is 82.5. The lowest BCUT2D eigenvalue weighted by Crippen LogP contribution is -2.71. The van der Waals surface area contributed by atoms with E-state index in [1.54, 1.807) is 28.3 Å². The molecule has 15 nitrogen and oxygen atoms in total. The SMILES string of the molecule is CO[C@@H]1[C@@H](O[C@H]2O[C@@H](C)[C@H](O[C@@H]3C[C@](C)(OC)[C@H](OCCC(C)C)[C@@H](C)O3)[C@@H]([N+](C)(C)[O-])[C@@H]2O[Si](C)(C)C(C)(C)C)[C@H]2CC(O[Si](C)(C)C(C)(C)C)O[C@@H]1CC(=O)O[C@H](C)C/C=C/C=C/[C@H](O[Si](C)(C)C(C)(C)C)[C@H](C)C2. The van der Waals surface area contributed by atoms with E-state index in [1.807, 2.05) is 39.8 Å². The zero-order valence-corrected chi connectivity index (χ0v) is 56.2. The Kier molecular flexibility index (Phi) is 23.8. The van der Waals surface area contributed by atoms with Crippen LogP contribution in [0.2, 0.25) is 54.4 Å². The van der Waals surface area contributed by atoms with Crippen LogP contribution >= 0.6 is 0 Å². The van der Waals surface area contributed by atoms with Crippen LogP contribution in [-0.4, -0.2) is 162 Å². The molecule has 4 aliphatic rings. The van der Waals surface area contributed by atoms with Gasteiger partial charge in [0.15, 0.2) is 43.6 Å². The van der Waals surface area contributed by atoms with Crippen LogP contribution in [0.5, 0.6) is 0 Å². The van der Waals surface area contributed by atoms with E-state index in [1.165, 1.54) is 0 Å². The molecule has 0 aliphatic carbocycles. The number of likely N-dealkylation sites (N-methyl/N-ethyl adjacent to an activating group) is 1. The molecule has 0 spiro atoms. The average molecular weight is 1140 g/mol. The highest BCUT2D eigenvalue weighted by Gasteiger charge is 2.59. The number of quaternary nitrogens is 1. The molecule has 3 fully saturated rings. The number of hydrogen-bond acceptors (Lipinski definition) is 14. The molecule has 4 aliphatic heterocycles. The number of nitrogens with zero attached hydrogens (tertiary/aromatic N) is 1. The highest BCUT2D eigenvalue weighted by atomic mass is 28.4. The molecule has 0 aromatic heterocycles. The van der Waals surface area contributed by atoms with Gasteiger partial charge in [0.05, 0.1) is 56.6 Å². The maximum atomic E-state index is 15.2. The number of rotatable bonds is 17. The van der Waals surface area contributed by atoms with E-state index in [0.717, 1.165) is 6.42 Å². The molecule has 2 bridgehead atoms. The summed E-state index contributed by atoms with van der Waals surface area (Å²) in [5.74, 6) is -0.266. The highest BCUT2D eigenvalue weighted by Crippen LogP contribution is 2.47. The minimum Gasteiger partial charge on any atom is -0.633 e. The van der Waals surface area contributed by atoms with Crippen LogP contribution < -0.4 is 0 Å². The Bertz CT molecular complexity index is 1910. The van der Waals surface area contributed by atoms with Gasteiger partial charge in [0.2, 0.25) is 0 Å². The molecule has 1 unspecified atom stereocenters. The molecule has 450 valence electrons. The first kappa shape index (κ1) is 68.6. The summed E-state index contributed by atoms with van der Waals surface area (Å²) in [5.41, 5.74) is -0.744. The van der Waals surface area contributed by atoms with Crippen LogP contribution in [0.15, 0.2) is 24.3 Å². The van der Waals surface area contributed by atoms with Gasteiger partial charge in [0.25, 0.3) is 0 Å². The lowest BCUT2D eigenvalue weighted by atomic mass is 9.83. The van der Waals surface area contributed by atoms with Crippen LogP contribution in [0.4, 0.5) is 0 Å². The van der Waals surface area contributed by atoms with Gasteiger partial charge in [-0.2, -0.15) is 0 Å². The molecular formula is C59H113NO14Si3. The summed E-state index contributed by atoms with van der Waals surface area (Å²) >= 11 is 0. The second kappa shape index (κ2) is 26.8. The molecule has 4 rings (SSSR count). The van der Waals surface area contributed by atoms with Gasteiger partial charge < -0.3 is 65.8 Å². The molecule has 0 amide bonds. The summed E-state index contributed by atoms with van der Waals surface area (Å²) in [6, 6.07) is -0.862. The zero-order valence-electron chi connectivity index (χ0n) is 53.2. The van der Waals surface area contributed by atoms with Crippen molar-refractivity contribution in [2.75, 3.05) is 34.9 Å². The molecule has 4 heterocycles. The number of allylic oxidation sites excluding steroid dienone is 2. The summed E-state index contributed by atoms with van der Waals surface area (Å²) in [5, 5.41) is 14.8. The van der Waals surface area contributed by atoms with Crippen LogP contribution in [0.25, 0.3) is 0 Å². The van der Waals surface area contributed by atoms with Crippen molar-refractivity contribution >= 4 is 30.9 Å². The lowest BCUT2D eigenvalue weighted by Gasteiger charge is -2.57. The fourth-order valence-electron chi connectivity index (χ4n) is 10.4. The standard InChI is InChI=1S/C59H113NO14Si3/c1-38(2)32-33-65-54-42(6)67-48(37-59(54,16)64-20)70-50-41(5)68-55(53(49(50)60(17,18)62)74-77(25,26)58(13,14)15)71-51-43-34-39(3)44(72-75(21,22)56(7,8)9)31-29-27-28-30-40(4)66-46(61)36-45(52(51)63-19)69-47(35-43)73-76(23,24)57(10,11)12/h27-29,31,38-45,47-55H,30,32-37H2,1-26H3/b28-27+,31-29+/t39-,40-,41+,42-,43-,44+,45-,47?,48-,49-,50+,51+,52+,53+,54-,55-,59+/m1/s1. The first-order valence-corrected chi connectivity index (χ1v) is 37.9. The number of hydrogen-bond donors (Lipinski definition) is 0. The third kappa shape index (κ3) is 18.0. The quantitative estimate of drug-likeness (QED) is 0.0588. The normalized spacial score (nSPS) is 37.1. The van der Waals surface area contributed by atoms with Gasteiger partial charge in [-0.25, -0.2) is 0 Å². The molecule has 0 aromatic rings. The first-order chi connectivity index (χ1) is 35.1. The van der Waals surface area contributed by atoms with Gasteiger partial charge >= 0.3 is 5.97 Å². The predicted octanol–water partition coefficient (Wildman–Crippen LogP) is 12.8. The molecule has 0 N–H and O–H groups in total. The molecule has 0 saturated carbocycles. The summed E-state index contributed by atoms with van der Waals surface area (Å²) in [6.45, 7) is 48.5. The van der Waals surface area contributed by atoms with Crippen molar-refractivity contribution in [3.63, 3.8) is 0 Å². The predicted molar refractivity (Wildman–Crippen MR) is 314 cm³/mol. The number of ether oxygens (including phenoxy) is 9. The molecule has 0 radical (unpaired) electrons. The fraction of sp³-hybridized carbons (Fsp3) is 0.915. The number of esters is 1. The number of cyclic esters (lactones) is 1. The van der Waals surface area contributed by atoms with Crippen molar-refractivity contribution in [1.82, 2.24) is 0 Å². The van der Waals surface area contributed by atoms with Gasteiger partial charge in [-0.1, -0.05) is 107 Å². The van der Waals surface area contributed by atoms with E-state index in [2.05, 4.69) is 135 Å². The van der Waals surface area contributed by atoms with E-state index in [4.69, 9.17) is 55.9 Å². The van der Waals surface area contributed by atoms with Gasteiger partial charge in [0.1, 0.15) is 36.7 Å². The Labute approximate surface area is 471 Å². The van der Waals surface area contributed by atoms with E-state index < -0.39 is 109 Å². The summed E-state index contributed by atoms with van der Waals surface area (Å²) in [7, 11) is -0.888. The zero-order chi connectivity index (χ0) is 58.7. The number of methoxy groups -OCH3 is 2. The first-order valence-electron chi connectivity index (χ1n) is 29.2. The van der Waals surface area contributed by atoms with Gasteiger partial charge in [-0.3, -0.25) is 4.79 Å². The van der Waals surface area contributed by atoms with Crippen molar-refractivity contribution in [2.45, 2.75) is 295 Å². The van der Waals surface area contributed by atoms with E-state index in [9.17, 15) is 4.79 Å². The number of carbonyl (C=O) groups excluding carboxylic acids is 1. The minimum atomic E-state index is -2.73. The second-order valence-electron chi connectivity index (χ2n) is 28.9. The Morgan fingerprint density at radius 1 is 0.740 bits per heavy atom. The number of fused-ring (bicyclic) bond motifs is 3. The van der Waals surface area contributed by atoms with Crippen molar-refractivity contribution in [3.05, 3.63) is 29.5 Å². The maximum Gasteiger partial charge on any atom is 0.308 e. The molecule has 17 atom stereocenters. The third-order valence-electron chi connectivity index (χ3n) is 18.4. The topological polar surface area (TPSA) is 151 Å². The van der Waals surface area contributed by atoms with E-state index >= 15 is 5.21 Å². The maximum absolute atomic E-state index is 15.2. The second-order valence-corrected chi connectivity index (χ2v) is 43.2. The third-order valence-corrected chi connectivity index (χ3v) is 31.8. The van der Waals surface area contributed by atoms with Crippen LogP contribution in [0.3, 0.4) is 0 Å². The van der Waals surface area contributed by atoms with E-state index in [0.29, 0.717) is 38.2 Å². The smallest absolute Gasteiger partial charge is 0.308 e. The highest BCUT2D eigenvalue weighted by molar-refractivity contribution is 6.75. The fourth-order valence-corrected chi connectivity index (χ4v) is 14.2. The monoisotopic (exact) mass is 1140 g/mol. The molecule has 3 saturated heterocycles. The van der Waals surface area contributed by atoms with E-state index in [-0.39, 0.29) is 51.7 Å². The average Bonchev–Trinajstić information content (AvgIpc) is 3.37. The lowest BCUT2D eigenvalue weighted by molar-refractivity contribution is -0.879. The molecule has 0 aromatic carbocycles. The Morgan fingerprint density at radius 3 is 1.87 bits per heavy atom. The van der Waals surface area contributed by atoms with Crippen molar-refractivity contribution in [1.29, 1.82) is 0 Å². The minimum absolute atomic E-state index is 0.0339. The number of hydroxylamine groups is 3. The van der Waals surface area contributed by atoms with Gasteiger partial charge in [0, 0.05) is 40.1 Å². The molecule has 77 heavy (non-hydrogen) atoms. The summed E-state index contributed by atoms with van der Waals surface area (Å²) in [4.78, 5) is 14.2. The number of carbonyl (C=O) groups is 1. The van der Waals surface area contributed by atoms with Crippen LogP contribution in [0.1, 0.15) is 149 Å². The Balaban J connectivity index is 1.95. The van der Waals surface area contributed by atoms with Gasteiger partial charge in [-0.15, -0.1) is 0 Å². The largest absolute Gasteiger partial charge is 0.633 e. The van der Waals surface area contributed by atoms with Crippen molar-refractivity contribution in [2.24, 2.45) is 17.8 Å². The Hall–Kier alpha value is -0.919. The Morgan fingerprint density at radius 2 is 1.32 bits per heavy atom. The van der Waals surface area contributed by atoms with Crippen LogP contribution in [-0.2, 0) is 60.7 Å². The van der Waals surface area contributed by atoms with Crippen LogP contribution in [0, 0.1) is 23.0 Å².